The summed E-state index contributed by atoms with van der Waals surface area (Å²) in [5.74, 6) is 0. The minimum Gasteiger partial charge on any atom is -0.311 e. The van der Waals surface area contributed by atoms with Crippen LogP contribution < -0.4 is 31.1 Å². The molecule has 1 spiro atoms. The monoisotopic (exact) mass is 1060 g/mol. The zero-order chi connectivity index (χ0) is 55.1. The van der Waals surface area contributed by atoms with Gasteiger partial charge in [-0.1, -0.05) is 240 Å². The summed E-state index contributed by atoms with van der Waals surface area (Å²) < 4.78 is 0. The van der Waals surface area contributed by atoms with E-state index in [1.54, 1.807) is 0 Å². The first-order valence-corrected chi connectivity index (χ1v) is 29.5. The van der Waals surface area contributed by atoms with Gasteiger partial charge in [0.1, 0.15) is 0 Å². The molecule has 0 atom stereocenters. The molecule has 0 unspecified atom stereocenters. The lowest BCUT2D eigenvalue weighted by Gasteiger charge is -2.46. The topological polar surface area (TPSA) is 9.72 Å². The minimum absolute atomic E-state index is 0.142. The molecular formula is C79H56BN3. The Hall–Kier alpha value is -9.90. The summed E-state index contributed by atoms with van der Waals surface area (Å²) in [5, 5.41) is 0. The second kappa shape index (κ2) is 16.6. The molecule has 12 aromatic carbocycles. The standard InChI is InChI=1S/C79H56BN3/c1-77(2)58-36-19-16-33-55(58)71-63(77)41-24-42-68(71)81(49-25-8-5-9-26-49)52-47-69-74-70(48-52)83(51-29-12-7-13-30-51)76-67(46-44-65-73(76)57-35-18-23-40-62(57)79(65)60-38-21-14-31-53(60)54-32-15-22-39-61(54)79)80(74)66-45-43-64-72(56-34-17-20-37-59(56)78(64,3)4)75(66)82(69)50-27-10-6-11-28-50/h5-48H,1-4H3. The van der Waals surface area contributed by atoms with Gasteiger partial charge in [0.05, 0.1) is 16.8 Å². The number of benzene rings is 12. The van der Waals surface area contributed by atoms with Crippen LogP contribution in [0.25, 0.3) is 44.5 Å². The molecular weight excluding hydrogens is 1000 g/mol. The van der Waals surface area contributed by atoms with Crippen LogP contribution in [0, 0.1) is 0 Å². The number of para-hydroxylation sites is 3. The fraction of sp³-hybridized carbons (Fsp3) is 0.0886. The zero-order valence-corrected chi connectivity index (χ0v) is 46.8. The van der Waals surface area contributed by atoms with Gasteiger partial charge in [-0.3, -0.25) is 0 Å². The molecule has 6 aliphatic rings. The van der Waals surface area contributed by atoms with Crippen LogP contribution >= 0.6 is 0 Å². The Bertz CT molecular complexity index is 4720. The molecule has 3 nitrogen and oxygen atoms in total. The molecule has 390 valence electrons. The Kier molecular flexibility index (Phi) is 9.37. The van der Waals surface area contributed by atoms with Gasteiger partial charge < -0.3 is 14.7 Å². The highest BCUT2D eigenvalue weighted by atomic mass is 15.2. The predicted octanol–water partition coefficient (Wildman–Crippen LogP) is 18.2. The average molecular weight is 1060 g/mol. The van der Waals surface area contributed by atoms with Crippen molar-refractivity contribution in [2.75, 3.05) is 14.7 Å². The maximum atomic E-state index is 2.67. The van der Waals surface area contributed by atoms with Crippen molar-refractivity contribution in [2.45, 2.75) is 43.9 Å². The third kappa shape index (κ3) is 5.90. The van der Waals surface area contributed by atoms with Gasteiger partial charge in [0.2, 0.25) is 0 Å². The first-order chi connectivity index (χ1) is 40.8. The number of hydrogen-bond donors (Lipinski definition) is 0. The van der Waals surface area contributed by atoms with Crippen LogP contribution in [-0.2, 0) is 16.2 Å². The highest BCUT2D eigenvalue weighted by Crippen LogP contribution is 2.66. The lowest BCUT2D eigenvalue weighted by Crippen LogP contribution is -2.61. The minimum atomic E-state index is -0.531. The molecule has 12 aromatic rings. The summed E-state index contributed by atoms with van der Waals surface area (Å²) in [5.41, 5.74) is 34.6. The molecule has 0 radical (unpaired) electrons. The summed E-state index contributed by atoms with van der Waals surface area (Å²) in [7, 11) is 0. The van der Waals surface area contributed by atoms with E-state index in [4.69, 9.17) is 0 Å². The van der Waals surface area contributed by atoms with Gasteiger partial charge in [0.15, 0.2) is 0 Å². The Morgan fingerprint density at radius 3 is 1.23 bits per heavy atom. The van der Waals surface area contributed by atoms with Gasteiger partial charge in [-0.25, -0.2) is 0 Å². The van der Waals surface area contributed by atoms with E-state index in [2.05, 4.69) is 309 Å². The van der Waals surface area contributed by atoms with Crippen molar-refractivity contribution in [1.82, 2.24) is 0 Å². The average Bonchev–Trinajstić information content (AvgIpc) is 1.73. The van der Waals surface area contributed by atoms with Crippen LogP contribution in [0.15, 0.2) is 267 Å². The highest BCUT2D eigenvalue weighted by molar-refractivity contribution is 7.00. The van der Waals surface area contributed by atoms with E-state index in [0.29, 0.717) is 0 Å². The normalized spacial score (nSPS) is 15.4. The van der Waals surface area contributed by atoms with E-state index in [9.17, 15) is 0 Å². The first kappa shape index (κ1) is 46.8. The molecule has 0 saturated carbocycles. The maximum absolute atomic E-state index is 2.67. The van der Waals surface area contributed by atoms with Gasteiger partial charge in [-0.2, -0.15) is 0 Å². The quantitative estimate of drug-likeness (QED) is 0.159. The van der Waals surface area contributed by atoms with Gasteiger partial charge in [-0.15, -0.1) is 0 Å². The second-order valence-electron chi connectivity index (χ2n) is 24.6. The third-order valence-electron chi connectivity index (χ3n) is 20.0. The Morgan fingerprint density at radius 1 is 0.313 bits per heavy atom. The van der Waals surface area contributed by atoms with Crippen LogP contribution in [-0.4, -0.2) is 6.71 Å². The van der Waals surface area contributed by atoms with Crippen LogP contribution in [0.2, 0.25) is 0 Å². The van der Waals surface area contributed by atoms with Gasteiger partial charge in [0, 0.05) is 67.3 Å². The summed E-state index contributed by atoms with van der Waals surface area (Å²) in [6.45, 7) is 9.48. The number of rotatable bonds is 5. The molecule has 0 amide bonds. The first-order valence-electron chi connectivity index (χ1n) is 29.5. The fourth-order valence-corrected chi connectivity index (χ4v) is 16.7. The second-order valence-corrected chi connectivity index (χ2v) is 24.6. The molecule has 0 saturated heterocycles. The number of anilines is 9. The van der Waals surface area contributed by atoms with Crippen molar-refractivity contribution in [3.8, 4) is 44.5 Å². The molecule has 4 heteroatoms. The Labute approximate surface area is 486 Å². The van der Waals surface area contributed by atoms with Crippen molar-refractivity contribution >= 4 is 74.3 Å². The molecule has 4 aliphatic carbocycles. The van der Waals surface area contributed by atoms with Gasteiger partial charge >= 0.3 is 0 Å². The molecule has 0 N–H and O–H groups in total. The van der Waals surface area contributed by atoms with Crippen LogP contribution in [0.4, 0.5) is 51.2 Å². The smallest absolute Gasteiger partial charge is 0.252 e. The molecule has 2 aliphatic heterocycles. The van der Waals surface area contributed by atoms with E-state index >= 15 is 0 Å². The number of fused-ring (bicyclic) bond motifs is 22. The number of nitrogens with zero attached hydrogens (tertiary/aromatic N) is 3. The highest BCUT2D eigenvalue weighted by Gasteiger charge is 2.55. The maximum Gasteiger partial charge on any atom is 0.252 e. The predicted molar refractivity (Wildman–Crippen MR) is 347 cm³/mol. The SMILES string of the molecule is CC1(C)c2ccccc2-c2c(N(c3ccccc3)c3cc4c5c(c3)N(c3ccccc3)c3c(ccc6c3-c3ccccc3C63c6ccccc6-c6ccccc63)B5c3ccc5c(c3N4c3ccccc3)-c3ccccc3C5(C)C)cccc21. The molecule has 0 bridgehead atoms. The van der Waals surface area contributed by atoms with E-state index in [0.717, 1.165) is 28.4 Å². The Morgan fingerprint density at radius 2 is 0.699 bits per heavy atom. The molecule has 0 fully saturated rings. The van der Waals surface area contributed by atoms with Crippen molar-refractivity contribution in [3.63, 3.8) is 0 Å². The molecule has 83 heavy (non-hydrogen) atoms. The van der Waals surface area contributed by atoms with Crippen molar-refractivity contribution in [3.05, 3.63) is 311 Å². The Balaban J connectivity index is 1.02. The van der Waals surface area contributed by atoms with Crippen LogP contribution in [0.5, 0.6) is 0 Å². The van der Waals surface area contributed by atoms with Crippen molar-refractivity contribution in [2.24, 2.45) is 0 Å². The largest absolute Gasteiger partial charge is 0.311 e. The fourth-order valence-electron chi connectivity index (χ4n) is 16.7. The van der Waals surface area contributed by atoms with E-state index in [1.807, 2.05) is 0 Å². The zero-order valence-electron chi connectivity index (χ0n) is 46.8. The number of hydrogen-bond acceptors (Lipinski definition) is 3. The molecule has 18 rings (SSSR count). The van der Waals surface area contributed by atoms with Crippen LogP contribution in [0.3, 0.4) is 0 Å². The summed E-state index contributed by atoms with van der Waals surface area (Å²) >= 11 is 0. The van der Waals surface area contributed by atoms with E-state index in [-0.39, 0.29) is 17.5 Å². The summed E-state index contributed by atoms with van der Waals surface area (Å²) in [4.78, 5) is 7.90. The van der Waals surface area contributed by atoms with Crippen LogP contribution in [0.1, 0.15) is 72.2 Å². The van der Waals surface area contributed by atoms with Crippen molar-refractivity contribution in [1.29, 1.82) is 0 Å². The lowest BCUT2D eigenvalue weighted by molar-refractivity contribution is 0.660. The van der Waals surface area contributed by atoms with Crippen molar-refractivity contribution < 1.29 is 0 Å². The van der Waals surface area contributed by atoms with Gasteiger partial charge in [-0.05, 0) is 143 Å². The lowest BCUT2D eigenvalue weighted by atomic mass is 9.33. The summed E-state index contributed by atoms with van der Waals surface area (Å²) in [6.07, 6.45) is 0. The van der Waals surface area contributed by atoms with E-state index in [1.165, 1.54) is 128 Å². The third-order valence-corrected chi connectivity index (χ3v) is 20.0. The molecule has 0 aromatic heterocycles. The van der Waals surface area contributed by atoms with E-state index < -0.39 is 5.41 Å². The summed E-state index contributed by atoms with van der Waals surface area (Å²) in [6, 6.07) is 102. The molecule has 2 heterocycles. The van der Waals surface area contributed by atoms with Gasteiger partial charge in [0.25, 0.3) is 6.71 Å².